The summed E-state index contributed by atoms with van der Waals surface area (Å²) in [5.74, 6) is -1.10. The molecule has 0 aromatic heterocycles. The topological polar surface area (TPSA) is 61.8 Å². The number of benzene rings is 1. The minimum absolute atomic E-state index is 0.00619. The number of hydrogen-bond acceptors (Lipinski definition) is 5. The fourth-order valence-electron chi connectivity index (χ4n) is 1.01. The standard InChI is InChI=1S/C13H14O5/c1-10(2)12(14)16-8-9-17-18-13(15)11-6-4-3-5-7-11/h3-7H,1,8-9H2,2H3. The molecule has 0 saturated carbocycles. The summed E-state index contributed by atoms with van der Waals surface area (Å²) in [6, 6.07) is 8.42. The van der Waals surface area contributed by atoms with Gasteiger partial charge in [-0.2, -0.15) is 4.89 Å². The van der Waals surface area contributed by atoms with Crippen molar-refractivity contribution >= 4 is 11.9 Å². The van der Waals surface area contributed by atoms with E-state index in [1.807, 2.05) is 0 Å². The summed E-state index contributed by atoms with van der Waals surface area (Å²) < 4.78 is 4.74. The molecule has 0 saturated heterocycles. The summed E-state index contributed by atoms with van der Waals surface area (Å²) >= 11 is 0. The Kier molecular flexibility index (Phi) is 5.60. The van der Waals surface area contributed by atoms with E-state index in [2.05, 4.69) is 16.4 Å². The van der Waals surface area contributed by atoms with E-state index in [-0.39, 0.29) is 13.2 Å². The first-order chi connectivity index (χ1) is 8.61. The number of ether oxygens (including phenoxy) is 1. The van der Waals surface area contributed by atoms with Crippen LogP contribution in [0.4, 0.5) is 0 Å². The van der Waals surface area contributed by atoms with E-state index >= 15 is 0 Å². The summed E-state index contributed by atoms with van der Waals surface area (Å²) in [6.07, 6.45) is 0. The molecule has 0 fully saturated rings. The molecule has 1 aromatic carbocycles. The van der Waals surface area contributed by atoms with E-state index < -0.39 is 11.9 Å². The van der Waals surface area contributed by atoms with Crippen LogP contribution in [0.15, 0.2) is 42.5 Å². The lowest BCUT2D eigenvalue weighted by atomic mass is 10.2. The van der Waals surface area contributed by atoms with E-state index in [0.717, 1.165) is 0 Å². The predicted molar refractivity (Wildman–Crippen MR) is 63.6 cm³/mol. The van der Waals surface area contributed by atoms with Crippen LogP contribution in [-0.2, 0) is 19.3 Å². The van der Waals surface area contributed by atoms with E-state index in [0.29, 0.717) is 11.1 Å². The Morgan fingerprint density at radius 1 is 1.17 bits per heavy atom. The Labute approximate surface area is 105 Å². The summed E-state index contributed by atoms with van der Waals surface area (Å²) in [5, 5.41) is 0. The van der Waals surface area contributed by atoms with E-state index in [9.17, 15) is 9.59 Å². The number of rotatable bonds is 6. The Bertz CT molecular complexity index is 424. The first-order valence-electron chi connectivity index (χ1n) is 5.32. The van der Waals surface area contributed by atoms with Crippen molar-refractivity contribution in [2.24, 2.45) is 0 Å². The van der Waals surface area contributed by atoms with Crippen LogP contribution in [0.5, 0.6) is 0 Å². The molecule has 0 aliphatic heterocycles. The first-order valence-corrected chi connectivity index (χ1v) is 5.32. The first kappa shape index (κ1) is 13.9. The van der Waals surface area contributed by atoms with Gasteiger partial charge in [-0.3, -0.25) is 4.89 Å². The number of carbonyl (C=O) groups is 2. The van der Waals surface area contributed by atoms with Crippen LogP contribution >= 0.6 is 0 Å². The fraction of sp³-hybridized carbons (Fsp3) is 0.231. The van der Waals surface area contributed by atoms with Crippen molar-refractivity contribution in [2.45, 2.75) is 6.92 Å². The highest BCUT2D eigenvalue weighted by Gasteiger charge is 2.07. The van der Waals surface area contributed by atoms with Gasteiger partial charge < -0.3 is 4.74 Å². The molecule has 0 radical (unpaired) electrons. The zero-order valence-electron chi connectivity index (χ0n) is 10.0. The van der Waals surface area contributed by atoms with Gasteiger partial charge in [-0.15, -0.1) is 0 Å². The number of esters is 1. The van der Waals surface area contributed by atoms with Gasteiger partial charge in [0.15, 0.2) is 0 Å². The Balaban J connectivity index is 2.17. The normalized spacial score (nSPS) is 9.61. The summed E-state index contributed by atoms with van der Waals surface area (Å²) in [5.41, 5.74) is 0.688. The van der Waals surface area contributed by atoms with Crippen molar-refractivity contribution in [1.29, 1.82) is 0 Å². The van der Waals surface area contributed by atoms with Crippen LogP contribution in [0.1, 0.15) is 17.3 Å². The summed E-state index contributed by atoms with van der Waals surface area (Å²) in [4.78, 5) is 31.5. The van der Waals surface area contributed by atoms with Gasteiger partial charge in [0.1, 0.15) is 13.2 Å². The van der Waals surface area contributed by atoms with E-state index in [1.165, 1.54) is 0 Å². The fourth-order valence-corrected chi connectivity index (χ4v) is 1.01. The largest absolute Gasteiger partial charge is 0.460 e. The SMILES string of the molecule is C=C(C)C(=O)OCCOOC(=O)c1ccccc1. The van der Waals surface area contributed by atoms with Crippen LogP contribution in [0.3, 0.4) is 0 Å². The van der Waals surface area contributed by atoms with Crippen LogP contribution in [0.2, 0.25) is 0 Å². The van der Waals surface area contributed by atoms with Crippen molar-refractivity contribution in [2.75, 3.05) is 13.2 Å². The molecule has 96 valence electrons. The average Bonchev–Trinajstić information content (AvgIpc) is 2.38. The molecule has 0 bridgehead atoms. The van der Waals surface area contributed by atoms with Gasteiger partial charge >= 0.3 is 11.9 Å². The third kappa shape index (κ3) is 4.80. The van der Waals surface area contributed by atoms with Gasteiger partial charge in [0.2, 0.25) is 0 Å². The van der Waals surface area contributed by atoms with Gasteiger partial charge in [-0.1, -0.05) is 24.8 Å². The van der Waals surface area contributed by atoms with Gasteiger partial charge in [-0.05, 0) is 19.1 Å². The molecule has 5 nitrogen and oxygen atoms in total. The van der Waals surface area contributed by atoms with Crippen LogP contribution in [-0.4, -0.2) is 25.2 Å². The van der Waals surface area contributed by atoms with Gasteiger partial charge in [-0.25, -0.2) is 9.59 Å². The molecule has 1 aromatic rings. The maximum Gasteiger partial charge on any atom is 0.373 e. The molecule has 5 heteroatoms. The lowest BCUT2D eigenvalue weighted by molar-refractivity contribution is -0.246. The monoisotopic (exact) mass is 250 g/mol. The molecular weight excluding hydrogens is 236 g/mol. The molecule has 0 unspecified atom stereocenters. The molecule has 1 rings (SSSR count). The Morgan fingerprint density at radius 3 is 2.44 bits per heavy atom. The molecule has 18 heavy (non-hydrogen) atoms. The minimum atomic E-state index is -0.596. The van der Waals surface area contributed by atoms with Crippen LogP contribution < -0.4 is 0 Å². The van der Waals surface area contributed by atoms with Crippen molar-refractivity contribution in [3.63, 3.8) is 0 Å². The second-order valence-corrected chi connectivity index (χ2v) is 3.48. The lowest BCUT2D eigenvalue weighted by Crippen LogP contribution is -2.13. The predicted octanol–water partition coefficient (Wildman–Crippen LogP) is 1.89. The highest BCUT2D eigenvalue weighted by atomic mass is 17.2. The van der Waals surface area contributed by atoms with Crippen molar-refractivity contribution in [3.05, 3.63) is 48.0 Å². The average molecular weight is 250 g/mol. The highest BCUT2D eigenvalue weighted by Crippen LogP contribution is 2.01. The summed E-state index contributed by atoms with van der Waals surface area (Å²) in [7, 11) is 0. The van der Waals surface area contributed by atoms with Crippen molar-refractivity contribution < 1.29 is 24.1 Å². The Hall–Kier alpha value is -2.14. The van der Waals surface area contributed by atoms with Gasteiger partial charge in [0.05, 0.1) is 5.56 Å². The van der Waals surface area contributed by atoms with E-state index in [1.54, 1.807) is 37.3 Å². The van der Waals surface area contributed by atoms with Crippen molar-refractivity contribution in [3.8, 4) is 0 Å². The highest BCUT2D eigenvalue weighted by molar-refractivity contribution is 5.88. The molecule has 0 heterocycles. The number of hydrogen-bond donors (Lipinski definition) is 0. The molecule has 0 aliphatic rings. The molecule has 0 amide bonds. The van der Waals surface area contributed by atoms with Crippen LogP contribution in [0, 0.1) is 0 Å². The Morgan fingerprint density at radius 2 is 1.83 bits per heavy atom. The molecule has 0 spiro atoms. The van der Waals surface area contributed by atoms with Crippen LogP contribution in [0.25, 0.3) is 0 Å². The van der Waals surface area contributed by atoms with E-state index in [4.69, 9.17) is 4.74 Å². The molecule has 0 aliphatic carbocycles. The lowest BCUT2D eigenvalue weighted by Gasteiger charge is -2.05. The smallest absolute Gasteiger partial charge is 0.373 e. The maximum atomic E-state index is 11.4. The zero-order valence-corrected chi connectivity index (χ0v) is 10.0. The second-order valence-electron chi connectivity index (χ2n) is 3.48. The quantitative estimate of drug-likeness (QED) is 0.254. The zero-order chi connectivity index (χ0) is 13.4. The molecular formula is C13H14O5. The second kappa shape index (κ2) is 7.24. The van der Waals surface area contributed by atoms with Gasteiger partial charge in [0.25, 0.3) is 0 Å². The third-order valence-corrected chi connectivity index (χ3v) is 1.89. The third-order valence-electron chi connectivity index (χ3n) is 1.89. The maximum absolute atomic E-state index is 11.4. The minimum Gasteiger partial charge on any atom is -0.460 e. The molecule has 0 N–H and O–H groups in total. The van der Waals surface area contributed by atoms with Gasteiger partial charge in [0, 0.05) is 5.57 Å². The summed E-state index contributed by atoms with van der Waals surface area (Å²) in [6.45, 7) is 4.93. The number of carbonyl (C=O) groups excluding carboxylic acids is 2. The van der Waals surface area contributed by atoms with Crippen molar-refractivity contribution in [1.82, 2.24) is 0 Å². The molecule has 0 atom stereocenters.